The van der Waals surface area contributed by atoms with Crippen LogP contribution >= 0.6 is 0 Å². The van der Waals surface area contributed by atoms with E-state index in [0.717, 1.165) is 12.2 Å². The van der Waals surface area contributed by atoms with E-state index in [0.29, 0.717) is 18.8 Å². The van der Waals surface area contributed by atoms with Crippen LogP contribution in [0.2, 0.25) is 0 Å². The lowest BCUT2D eigenvalue weighted by atomic mass is 10.2. The summed E-state index contributed by atoms with van der Waals surface area (Å²) in [6, 6.07) is 7.28. The Kier molecular flexibility index (Phi) is 3.66. The zero-order valence-corrected chi connectivity index (χ0v) is 10.7. The molecule has 2 heterocycles. The van der Waals surface area contributed by atoms with E-state index in [-0.39, 0.29) is 5.91 Å². The first-order valence-electron chi connectivity index (χ1n) is 6.29. The third kappa shape index (κ3) is 2.81. The van der Waals surface area contributed by atoms with Crippen LogP contribution in [0.3, 0.4) is 0 Å². The molecular formula is C12H14N6O2. The van der Waals surface area contributed by atoms with Crippen LogP contribution in [0.1, 0.15) is 0 Å². The molecule has 1 aliphatic rings. The standard InChI is InChI=1S/C12H14N6O2/c19-12(11-7-13-4-5-20-11)15-9-2-1-3-10(6-9)18-8-14-16-17-18/h1-3,6,8,11,13H,4-5,7H2,(H,15,19). The third-order valence-corrected chi connectivity index (χ3v) is 2.95. The van der Waals surface area contributed by atoms with Gasteiger partial charge >= 0.3 is 0 Å². The Bertz CT molecular complexity index is 579. The summed E-state index contributed by atoms with van der Waals surface area (Å²) in [4.78, 5) is 12.0. The average Bonchev–Trinajstić information content (AvgIpc) is 3.03. The fourth-order valence-corrected chi connectivity index (χ4v) is 1.96. The van der Waals surface area contributed by atoms with Crippen molar-refractivity contribution in [2.75, 3.05) is 25.0 Å². The first-order chi connectivity index (χ1) is 9.83. The number of nitrogens with one attached hydrogen (secondary N) is 2. The molecule has 3 rings (SSSR count). The van der Waals surface area contributed by atoms with Crippen molar-refractivity contribution in [1.29, 1.82) is 0 Å². The molecule has 8 nitrogen and oxygen atoms in total. The van der Waals surface area contributed by atoms with Crippen molar-refractivity contribution in [1.82, 2.24) is 25.5 Å². The minimum atomic E-state index is -0.458. The van der Waals surface area contributed by atoms with Gasteiger partial charge in [-0.2, -0.15) is 0 Å². The molecule has 1 amide bonds. The number of morpholine rings is 1. The largest absolute Gasteiger partial charge is 0.366 e. The molecular weight excluding hydrogens is 260 g/mol. The van der Waals surface area contributed by atoms with Gasteiger partial charge in [0.25, 0.3) is 5.91 Å². The quantitative estimate of drug-likeness (QED) is 0.790. The van der Waals surface area contributed by atoms with Crippen LogP contribution in [-0.4, -0.2) is 51.9 Å². The number of hydrogen-bond donors (Lipinski definition) is 2. The summed E-state index contributed by atoms with van der Waals surface area (Å²) >= 11 is 0. The molecule has 1 aliphatic heterocycles. The average molecular weight is 274 g/mol. The van der Waals surface area contributed by atoms with Crippen LogP contribution in [-0.2, 0) is 9.53 Å². The van der Waals surface area contributed by atoms with Gasteiger partial charge in [0.15, 0.2) is 0 Å². The van der Waals surface area contributed by atoms with Crippen LogP contribution in [0, 0.1) is 0 Å². The second-order valence-electron chi connectivity index (χ2n) is 4.36. The summed E-state index contributed by atoms with van der Waals surface area (Å²) in [7, 11) is 0. The lowest BCUT2D eigenvalue weighted by Gasteiger charge is -2.22. The number of anilines is 1. The van der Waals surface area contributed by atoms with E-state index in [1.165, 1.54) is 11.0 Å². The molecule has 1 aromatic carbocycles. The molecule has 0 radical (unpaired) electrons. The Morgan fingerprint density at radius 3 is 3.20 bits per heavy atom. The van der Waals surface area contributed by atoms with Crippen molar-refractivity contribution >= 4 is 11.6 Å². The lowest BCUT2D eigenvalue weighted by Crippen LogP contribution is -2.45. The number of nitrogens with zero attached hydrogens (tertiary/aromatic N) is 4. The van der Waals surface area contributed by atoms with Crippen molar-refractivity contribution in [2.45, 2.75) is 6.10 Å². The number of carbonyl (C=O) groups is 1. The number of ether oxygens (including phenoxy) is 1. The van der Waals surface area contributed by atoms with E-state index in [2.05, 4.69) is 26.2 Å². The molecule has 8 heteroatoms. The predicted octanol–water partition coefficient (Wildman–Crippen LogP) is -0.411. The Hall–Kier alpha value is -2.32. The maximum atomic E-state index is 12.0. The molecule has 104 valence electrons. The summed E-state index contributed by atoms with van der Waals surface area (Å²) in [6.07, 6.45) is 1.04. The number of aromatic nitrogens is 4. The number of rotatable bonds is 3. The van der Waals surface area contributed by atoms with Gasteiger partial charge in [0, 0.05) is 18.8 Å². The second kappa shape index (κ2) is 5.76. The smallest absolute Gasteiger partial charge is 0.254 e. The van der Waals surface area contributed by atoms with Crippen molar-refractivity contribution in [3.8, 4) is 5.69 Å². The van der Waals surface area contributed by atoms with E-state index < -0.39 is 6.10 Å². The Labute approximate surface area is 115 Å². The highest BCUT2D eigenvalue weighted by molar-refractivity contribution is 5.94. The van der Waals surface area contributed by atoms with Crippen molar-refractivity contribution in [3.05, 3.63) is 30.6 Å². The molecule has 0 aliphatic carbocycles. The minimum Gasteiger partial charge on any atom is -0.366 e. The molecule has 0 bridgehead atoms. The fraction of sp³-hybridized carbons (Fsp3) is 0.333. The molecule has 1 aromatic heterocycles. The van der Waals surface area contributed by atoms with Crippen LogP contribution < -0.4 is 10.6 Å². The summed E-state index contributed by atoms with van der Waals surface area (Å²) in [5.41, 5.74) is 1.45. The highest BCUT2D eigenvalue weighted by Gasteiger charge is 2.21. The van der Waals surface area contributed by atoms with Crippen LogP contribution in [0.4, 0.5) is 5.69 Å². The van der Waals surface area contributed by atoms with Crippen LogP contribution in [0.25, 0.3) is 5.69 Å². The Morgan fingerprint density at radius 2 is 2.45 bits per heavy atom. The van der Waals surface area contributed by atoms with Gasteiger partial charge in [-0.05, 0) is 28.6 Å². The van der Waals surface area contributed by atoms with Crippen LogP contribution in [0.15, 0.2) is 30.6 Å². The van der Waals surface area contributed by atoms with Gasteiger partial charge in [-0.3, -0.25) is 4.79 Å². The van der Waals surface area contributed by atoms with Gasteiger partial charge in [-0.1, -0.05) is 6.07 Å². The first kappa shape index (κ1) is 12.7. The van der Waals surface area contributed by atoms with E-state index >= 15 is 0 Å². The molecule has 20 heavy (non-hydrogen) atoms. The molecule has 1 unspecified atom stereocenters. The molecule has 0 spiro atoms. The number of hydrogen-bond acceptors (Lipinski definition) is 6. The molecule has 1 fully saturated rings. The maximum absolute atomic E-state index is 12.0. The topological polar surface area (TPSA) is 94.0 Å². The Balaban J connectivity index is 1.71. The number of amides is 1. The number of carbonyl (C=O) groups excluding carboxylic acids is 1. The summed E-state index contributed by atoms with van der Waals surface area (Å²) in [6.45, 7) is 1.85. The monoisotopic (exact) mass is 274 g/mol. The summed E-state index contributed by atoms with van der Waals surface area (Å²) in [5, 5.41) is 16.9. The molecule has 2 N–H and O–H groups in total. The van der Waals surface area contributed by atoms with Gasteiger partial charge in [-0.25, -0.2) is 4.68 Å². The van der Waals surface area contributed by atoms with Crippen molar-refractivity contribution < 1.29 is 9.53 Å². The van der Waals surface area contributed by atoms with Crippen molar-refractivity contribution in [3.63, 3.8) is 0 Å². The number of benzene rings is 1. The molecule has 2 aromatic rings. The van der Waals surface area contributed by atoms with E-state index in [1.807, 2.05) is 18.2 Å². The van der Waals surface area contributed by atoms with Crippen LogP contribution in [0.5, 0.6) is 0 Å². The van der Waals surface area contributed by atoms with E-state index in [9.17, 15) is 4.79 Å². The van der Waals surface area contributed by atoms with Gasteiger partial charge in [0.2, 0.25) is 0 Å². The van der Waals surface area contributed by atoms with Gasteiger partial charge < -0.3 is 15.4 Å². The lowest BCUT2D eigenvalue weighted by molar-refractivity contribution is -0.128. The summed E-state index contributed by atoms with van der Waals surface area (Å²) < 4.78 is 6.92. The van der Waals surface area contributed by atoms with Gasteiger partial charge in [-0.15, -0.1) is 5.10 Å². The third-order valence-electron chi connectivity index (χ3n) is 2.95. The second-order valence-corrected chi connectivity index (χ2v) is 4.36. The van der Waals surface area contributed by atoms with Crippen molar-refractivity contribution in [2.24, 2.45) is 0 Å². The van der Waals surface area contributed by atoms with E-state index in [4.69, 9.17) is 4.74 Å². The highest BCUT2D eigenvalue weighted by atomic mass is 16.5. The number of tetrazole rings is 1. The SMILES string of the molecule is O=C(Nc1cccc(-n2cnnn2)c1)C1CNCCO1. The predicted molar refractivity (Wildman–Crippen MR) is 70.4 cm³/mol. The zero-order valence-electron chi connectivity index (χ0n) is 10.7. The fourth-order valence-electron chi connectivity index (χ4n) is 1.96. The first-order valence-corrected chi connectivity index (χ1v) is 6.29. The molecule has 0 saturated carbocycles. The normalized spacial score (nSPS) is 18.7. The maximum Gasteiger partial charge on any atom is 0.254 e. The molecule has 1 saturated heterocycles. The van der Waals surface area contributed by atoms with E-state index in [1.54, 1.807) is 6.07 Å². The van der Waals surface area contributed by atoms with Gasteiger partial charge in [0.05, 0.1) is 12.3 Å². The zero-order chi connectivity index (χ0) is 13.8. The highest BCUT2D eigenvalue weighted by Crippen LogP contribution is 2.14. The summed E-state index contributed by atoms with van der Waals surface area (Å²) in [5.74, 6) is -0.161. The minimum absolute atomic E-state index is 0.161. The molecule has 1 atom stereocenters. The Morgan fingerprint density at radius 1 is 1.50 bits per heavy atom. The van der Waals surface area contributed by atoms with Gasteiger partial charge in [0.1, 0.15) is 12.4 Å².